The first-order valence-corrected chi connectivity index (χ1v) is 5.00. The van der Waals surface area contributed by atoms with Crippen LogP contribution in [0.3, 0.4) is 0 Å². The first kappa shape index (κ1) is 9.85. The predicted molar refractivity (Wildman–Crippen MR) is 56.2 cm³/mol. The highest BCUT2D eigenvalue weighted by Crippen LogP contribution is 2.39. The lowest BCUT2D eigenvalue weighted by Crippen LogP contribution is -1.96. The van der Waals surface area contributed by atoms with Crippen LogP contribution in [-0.2, 0) is 6.42 Å². The molecule has 1 aliphatic heterocycles. The lowest BCUT2D eigenvalue weighted by atomic mass is 9.95. The molecule has 0 aromatic heterocycles. The number of hydrogen-bond acceptors (Lipinski definition) is 3. The molecule has 0 saturated carbocycles. The van der Waals surface area contributed by atoms with Crippen molar-refractivity contribution in [1.82, 2.24) is 0 Å². The van der Waals surface area contributed by atoms with Crippen LogP contribution in [0, 0.1) is 11.3 Å². The van der Waals surface area contributed by atoms with Crippen molar-refractivity contribution in [2.24, 2.45) is 0 Å². The van der Waals surface area contributed by atoms with E-state index in [-0.39, 0.29) is 5.92 Å². The summed E-state index contributed by atoms with van der Waals surface area (Å²) in [4.78, 5) is 0. The Bertz CT molecular complexity index is 420. The topological polar surface area (TPSA) is 42.2 Å². The molecule has 0 spiro atoms. The van der Waals surface area contributed by atoms with Crippen molar-refractivity contribution >= 4 is 0 Å². The van der Waals surface area contributed by atoms with Gasteiger partial charge < -0.3 is 9.47 Å². The number of nitriles is 1. The molecule has 1 aromatic rings. The van der Waals surface area contributed by atoms with Crippen LogP contribution < -0.4 is 9.47 Å². The number of benzene rings is 1. The van der Waals surface area contributed by atoms with E-state index in [0.717, 1.165) is 29.0 Å². The quantitative estimate of drug-likeness (QED) is 0.740. The Morgan fingerprint density at radius 1 is 1.53 bits per heavy atom. The van der Waals surface area contributed by atoms with Crippen LogP contribution in [0.5, 0.6) is 11.5 Å². The van der Waals surface area contributed by atoms with Gasteiger partial charge in [-0.25, -0.2) is 0 Å². The van der Waals surface area contributed by atoms with E-state index in [2.05, 4.69) is 6.07 Å². The molecule has 1 heterocycles. The molecule has 0 N–H and O–H groups in total. The molecular weight excluding hydrogens is 190 g/mol. The number of hydrogen-bond donors (Lipinski definition) is 0. The predicted octanol–water partition coefficient (Wildman–Crippen LogP) is 2.26. The van der Waals surface area contributed by atoms with Gasteiger partial charge in [-0.1, -0.05) is 6.07 Å². The van der Waals surface area contributed by atoms with Crippen LogP contribution in [0.1, 0.15) is 24.0 Å². The molecule has 15 heavy (non-hydrogen) atoms. The largest absolute Gasteiger partial charge is 0.493 e. The van der Waals surface area contributed by atoms with E-state index in [1.54, 1.807) is 7.11 Å². The van der Waals surface area contributed by atoms with E-state index in [0.29, 0.717) is 6.61 Å². The Balaban J connectivity index is 2.52. The highest BCUT2D eigenvalue weighted by molar-refractivity contribution is 5.54. The first-order chi connectivity index (χ1) is 7.27. The molecule has 0 aliphatic carbocycles. The Morgan fingerprint density at radius 3 is 3.00 bits per heavy atom. The molecule has 3 heteroatoms. The van der Waals surface area contributed by atoms with Gasteiger partial charge in [0, 0.05) is 12.0 Å². The monoisotopic (exact) mass is 203 g/mol. The van der Waals surface area contributed by atoms with Crippen LogP contribution in [0.15, 0.2) is 12.1 Å². The van der Waals surface area contributed by atoms with Crippen LogP contribution in [0.2, 0.25) is 0 Å². The molecule has 1 aliphatic rings. The first-order valence-electron chi connectivity index (χ1n) is 5.00. The Morgan fingerprint density at radius 2 is 2.33 bits per heavy atom. The summed E-state index contributed by atoms with van der Waals surface area (Å²) in [6.45, 7) is 2.58. The zero-order valence-corrected chi connectivity index (χ0v) is 8.91. The Kier molecular flexibility index (Phi) is 2.51. The van der Waals surface area contributed by atoms with E-state index in [1.807, 2.05) is 19.1 Å². The summed E-state index contributed by atoms with van der Waals surface area (Å²) in [6, 6.07) is 6.08. The Labute approximate surface area is 89.2 Å². The van der Waals surface area contributed by atoms with Gasteiger partial charge in [-0.3, -0.25) is 0 Å². The maximum absolute atomic E-state index is 8.92. The van der Waals surface area contributed by atoms with E-state index in [1.165, 1.54) is 0 Å². The molecule has 0 saturated heterocycles. The molecule has 1 aromatic carbocycles. The van der Waals surface area contributed by atoms with E-state index in [9.17, 15) is 0 Å². The van der Waals surface area contributed by atoms with Gasteiger partial charge in [0.25, 0.3) is 0 Å². The fraction of sp³-hybridized carbons (Fsp3) is 0.417. The van der Waals surface area contributed by atoms with Crippen LogP contribution >= 0.6 is 0 Å². The van der Waals surface area contributed by atoms with Gasteiger partial charge in [0.05, 0.1) is 25.7 Å². The minimum Gasteiger partial charge on any atom is -0.493 e. The zero-order chi connectivity index (χ0) is 10.8. The number of fused-ring (bicyclic) bond motifs is 1. The highest BCUT2D eigenvalue weighted by Gasteiger charge is 2.22. The second kappa shape index (κ2) is 3.82. The van der Waals surface area contributed by atoms with Crippen molar-refractivity contribution < 1.29 is 9.47 Å². The molecule has 3 nitrogen and oxygen atoms in total. The normalized spacial score (nSPS) is 15.0. The van der Waals surface area contributed by atoms with Gasteiger partial charge in [-0.2, -0.15) is 5.26 Å². The number of nitrogens with zero attached hydrogens (tertiary/aromatic N) is 1. The van der Waals surface area contributed by atoms with Gasteiger partial charge in [-0.05, 0) is 18.6 Å². The third-order valence-corrected chi connectivity index (χ3v) is 2.74. The number of rotatable bonds is 2. The van der Waals surface area contributed by atoms with Crippen molar-refractivity contribution in [2.45, 2.75) is 19.3 Å². The smallest absolute Gasteiger partial charge is 0.164 e. The second-order valence-corrected chi connectivity index (χ2v) is 3.61. The molecule has 0 radical (unpaired) electrons. The molecule has 2 rings (SSSR count). The van der Waals surface area contributed by atoms with E-state index in [4.69, 9.17) is 14.7 Å². The highest BCUT2D eigenvalue weighted by atomic mass is 16.5. The van der Waals surface area contributed by atoms with Crippen LogP contribution in [0.4, 0.5) is 0 Å². The minimum atomic E-state index is -0.0913. The van der Waals surface area contributed by atoms with Crippen LogP contribution in [0.25, 0.3) is 0 Å². The molecule has 1 atom stereocenters. The third-order valence-electron chi connectivity index (χ3n) is 2.74. The third kappa shape index (κ3) is 1.52. The molecule has 1 unspecified atom stereocenters. The Hall–Kier alpha value is -1.69. The molecule has 78 valence electrons. The molecule has 0 bridgehead atoms. The van der Waals surface area contributed by atoms with Gasteiger partial charge >= 0.3 is 0 Å². The van der Waals surface area contributed by atoms with E-state index < -0.39 is 0 Å². The van der Waals surface area contributed by atoms with Crippen molar-refractivity contribution in [2.75, 3.05) is 13.7 Å². The van der Waals surface area contributed by atoms with Crippen molar-refractivity contribution in [3.8, 4) is 17.6 Å². The van der Waals surface area contributed by atoms with Crippen molar-refractivity contribution in [3.63, 3.8) is 0 Å². The molecule has 0 amide bonds. The maximum Gasteiger partial charge on any atom is 0.164 e. The second-order valence-electron chi connectivity index (χ2n) is 3.61. The summed E-state index contributed by atoms with van der Waals surface area (Å²) < 4.78 is 10.7. The van der Waals surface area contributed by atoms with Crippen LogP contribution in [-0.4, -0.2) is 13.7 Å². The van der Waals surface area contributed by atoms with E-state index >= 15 is 0 Å². The van der Waals surface area contributed by atoms with Gasteiger partial charge in [0.1, 0.15) is 0 Å². The SMILES string of the molecule is COc1ccc(C(C)C#N)c2c1OCC2. The summed E-state index contributed by atoms with van der Waals surface area (Å²) in [5.41, 5.74) is 2.19. The van der Waals surface area contributed by atoms with Gasteiger partial charge in [0.2, 0.25) is 0 Å². The fourth-order valence-corrected chi connectivity index (χ4v) is 1.93. The fourth-order valence-electron chi connectivity index (χ4n) is 1.93. The maximum atomic E-state index is 8.92. The zero-order valence-electron chi connectivity index (χ0n) is 8.91. The summed E-state index contributed by atoms with van der Waals surface area (Å²) in [6.07, 6.45) is 0.869. The minimum absolute atomic E-state index is 0.0913. The van der Waals surface area contributed by atoms with Gasteiger partial charge in [-0.15, -0.1) is 0 Å². The van der Waals surface area contributed by atoms with Crippen molar-refractivity contribution in [1.29, 1.82) is 5.26 Å². The lowest BCUT2D eigenvalue weighted by molar-refractivity contribution is 0.326. The molecular formula is C12H13NO2. The average Bonchev–Trinajstić information content (AvgIpc) is 2.75. The summed E-state index contributed by atoms with van der Waals surface area (Å²) in [5.74, 6) is 1.49. The summed E-state index contributed by atoms with van der Waals surface area (Å²) >= 11 is 0. The number of methoxy groups -OCH3 is 1. The molecule has 0 fully saturated rings. The summed E-state index contributed by atoms with van der Waals surface area (Å²) in [5, 5.41) is 8.92. The lowest BCUT2D eigenvalue weighted by Gasteiger charge is -2.11. The van der Waals surface area contributed by atoms with Gasteiger partial charge in [0.15, 0.2) is 11.5 Å². The summed E-state index contributed by atoms with van der Waals surface area (Å²) in [7, 11) is 1.63. The van der Waals surface area contributed by atoms with Crippen molar-refractivity contribution in [3.05, 3.63) is 23.3 Å². The number of ether oxygens (including phenoxy) is 2. The average molecular weight is 203 g/mol. The standard InChI is InChI=1S/C12H13NO2/c1-8(7-13)9-3-4-11(14-2)12-10(9)5-6-15-12/h3-4,8H,5-6H2,1-2H3.